The first-order valence-electron chi connectivity index (χ1n) is 9.02. The van der Waals surface area contributed by atoms with Crippen LogP contribution in [0.2, 0.25) is 0 Å². The van der Waals surface area contributed by atoms with Gasteiger partial charge < -0.3 is 16.0 Å². The van der Waals surface area contributed by atoms with Crippen molar-refractivity contribution in [3.8, 4) is 6.07 Å². The predicted molar refractivity (Wildman–Crippen MR) is 96.7 cm³/mol. The van der Waals surface area contributed by atoms with E-state index in [1.165, 1.54) is 12.4 Å². The van der Waals surface area contributed by atoms with E-state index in [1.807, 2.05) is 13.8 Å². The van der Waals surface area contributed by atoms with E-state index >= 15 is 0 Å². The summed E-state index contributed by atoms with van der Waals surface area (Å²) in [5.41, 5.74) is 4.87. The van der Waals surface area contributed by atoms with Crippen LogP contribution in [0.4, 0.5) is 5.82 Å². The van der Waals surface area contributed by atoms with Crippen LogP contribution in [0, 0.1) is 22.7 Å². The first kappa shape index (κ1) is 19.6. The molecule has 2 rings (SSSR count). The van der Waals surface area contributed by atoms with Crippen molar-refractivity contribution < 1.29 is 9.59 Å². The number of nitrogen functional groups attached to an aromatic ring is 1. The average Bonchev–Trinajstić information content (AvgIpc) is 2.68. The third-order valence-electron chi connectivity index (χ3n) is 5.23. The van der Waals surface area contributed by atoms with Gasteiger partial charge in [-0.2, -0.15) is 5.26 Å². The number of hydrogen-bond donors (Lipinski definition) is 2. The molecule has 8 nitrogen and oxygen atoms in total. The van der Waals surface area contributed by atoms with Crippen LogP contribution in [0.15, 0.2) is 12.4 Å². The van der Waals surface area contributed by atoms with Gasteiger partial charge in [-0.15, -0.1) is 0 Å². The molecule has 1 aliphatic rings. The van der Waals surface area contributed by atoms with E-state index in [1.54, 1.807) is 4.90 Å². The molecule has 1 aliphatic heterocycles. The molecule has 140 valence electrons. The SMILES string of the molecule is CCC(C#N)(CC)C(=O)N1CCC(CNC(=O)c2nccnc2N)CC1. The summed E-state index contributed by atoms with van der Waals surface area (Å²) in [5, 5.41) is 12.3. The lowest BCUT2D eigenvalue weighted by Crippen LogP contribution is -2.47. The van der Waals surface area contributed by atoms with Crippen molar-refractivity contribution in [1.29, 1.82) is 5.26 Å². The number of hydrogen-bond acceptors (Lipinski definition) is 6. The number of carbonyl (C=O) groups is 2. The van der Waals surface area contributed by atoms with Crippen molar-refractivity contribution in [1.82, 2.24) is 20.2 Å². The molecule has 2 amide bonds. The molecule has 0 bridgehead atoms. The summed E-state index contributed by atoms with van der Waals surface area (Å²) in [6, 6.07) is 2.21. The molecule has 1 saturated heterocycles. The van der Waals surface area contributed by atoms with Gasteiger partial charge in [-0.05, 0) is 31.6 Å². The normalized spacial score (nSPS) is 15.3. The second-order valence-corrected chi connectivity index (χ2v) is 6.64. The fourth-order valence-electron chi connectivity index (χ4n) is 3.25. The summed E-state index contributed by atoms with van der Waals surface area (Å²) in [6.45, 7) is 5.48. The zero-order valence-corrected chi connectivity index (χ0v) is 15.4. The van der Waals surface area contributed by atoms with Gasteiger partial charge in [0.2, 0.25) is 5.91 Å². The molecule has 2 heterocycles. The zero-order valence-electron chi connectivity index (χ0n) is 15.4. The molecule has 0 atom stereocenters. The predicted octanol–water partition coefficient (Wildman–Crippen LogP) is 1.36. The number of aromatic nitrogens is 2. The van der Waals surface area contributed by atoms with Crippen molar-refractivity contribution in [2.45, 2.75) is 39.5 Å². The number of nitrogens with two attached hydrogens (primary N) is 1. The van der Waals surface area contributed by atoms with Gasteiger partial charge in [-0.1, -0.05) is 13.8 Å². The summed E-state index contributed by atoms with van der Waals surface area (Å²) in [6.07, 6.45) is 5.49. The van der Waals surface area contributed by atoms with Gasteiger partial charge >= 0.3 is 0 Å². The van der Waals surface area contributed by atoms with Gasteiger partial charge in [0.25, 0.3) is 5.91 Å². The second-order valence-electron chi connectivity index (χ2n) is 6.64. The number of nitrogens with one attached hydrogen (secondary N) is 1. The van der Waals surface area contributed by atoms with Crippen molar-refractivity contribution in [2.24, 2.45) is 11.3 Å². The van der Waals surface area contributed by atoms with E-state index < -0.39 is 5.41 Å². The van der Waals surface area contributed by atoms with Crippen molar-refractivity contribution in [3.63, 3.8) is 0 Å². The Labute approximate surface area is 153 Å². The van der Waals surface area contributed by atoms with Crippen molar-refractivity contribution >= 4 is 17.6 Å². The van der Waals surface area contributed by atoms with E-state index in [2.05, 4.69) is 21.4 Å². The Morgan fingerprint density at radius 3 is 2.46 bits per heavy atom. The highest BCUT2D eigenvalue weighted by molar-refractivity contribution is 5.96. The van der Waals surface area contributed by atoms with Crippen LogP contribution in [0.25, 0.3) is 0 Å². The minimum absolute atomic E-state index is 0.0696. The first-order chi connectivity index (χ1) is 12.5. The van der Waals surface area contributed by atoms with Crippen LogP contribution in [0.1, 0.15) is 50.0 Å². The molecule has 0 spiro atoms. The molecule has 1 fully saturated rings. The van der Waals surface area contributed by atoms with E-state index in [-0.39, 0.29) is 29.2 Å². The first-order valence-corrected chi connectivity index (χ1v) is 9.02. The monoisotopic (exact) mass is 358 g/mol. The molecule has 0 saturated carbocycles. The Morgan fingerprint density at radius 2 is 1.92 bits per heavy atom. The van der Waals surface area contributed by atoms with Crippen LogP contribution < -0.4 is 11.1 Å². The van der Waals surface area contributed by atoms with Crippen LogP contribution in [-0.2, 0) is 4.79 Å². The molecule has 1 aromatic heterocycles. The molecule has 3 N–H and O–H groups in total. The third kappa shape index (κ3) is 4.10. The molecule has 0 aliphatic carbocycles. The highest BCUT2D eigenvalue weighted by Gasteiger charge is 2.39. The Morgan fingerprint density at radius 1 is 1.31 bits per heavy atom. The summed E-state index contributed by atoms with van der Waals surface area (Å²) >= 11 is 0. The highest BCUT2D eigenvalue weighted by Crippen LogP contribution is 2.30. The number of carbonyl (C=O) groups excluding carboxylic acids is 2. The molecule has 0 unspecified atom stereocenters. The maximum absolute atomic E-state index is 12.7. The minimum Gasteiger partial charge on any atom is -0.382 e. The Hall–Kier alpha value is -2.69. The summed E-state index contributed by atoms with van der Waals surface area (Å²) < 4.78 is 0. The van der Waals surface area contributed by atoms with E-state index in [9.17, 15) is 14.9 Å². The standard InChI is InChI=1S/C18H26N6O2/c1-3-18(4-2,12-19)17(26)24-9-5-13(6-10-24)11-23-16(25)14-15(20)22-8-7-21-14/h7-8,13H,3-6,9-11H2,1-2H3,(H2,20,22)(H,23,25). The fourth-order valence-corrected chi connectivity index (χ4v) is 3.25. The molecule has 26 heavy (non-hydrogen) atoms. The lowest BCUT2D eigenvalue weighted by Gasteiger charge is -2.36. The summed E-state index contributed by atoms with van der Waals surface area (Å²) in [4.78, 5) is 34.4. The average molecular weight is 358 g/mol. The van der Waals surface area contributed by atoms with Gasteiger partial charge in [0, 0.05) is 32.0 Å². The Bertz CT molecular complexity index is 687. The topological polar surface area (TPSA) is 125 Å². The van der Waals surface area contributed by atoms with Gasteiger partial charge in [0.05, 0.1) is 6.07 Å². The molecular formula is C18H26N6O2. The Kier molecular flexibility index (Phi) is 6.50. The van der Waals surface area contributed by atoms with Crippen LogP contribution >= 0.6 is 0 Å². The third-order valence-corrected chi connectivity index (χ3v) is 5.23. The molecule has 0 radical (unpaired) electrons. The van der Waals surface area contributed by atoms with Gasteiger partial charge in [0.15, 0.2) is 11.5 Å². The zero-order chi connectivity index (χ0) is 19.2. The maximum atomic E-state index is 12.7. The van der Waals surface area contributed by atoms with Crippen molar-refractivity contribution in [3.05, 3.63) is 18.1 Å². The fraction of sp³-hybridized carbons (Fsp3) is 0.611. The summed E-state index contributed by atoms with van der Waals surface area (Å²) in [5.74, 6) is -0.0209. The van der Waals surface area contributed by atoms with Gasteiger partial charge in [0.1, 0.15) is 5.41 Å². The Balaban J connectivity index is 1.85. The summed E-state index contributed by atoms with van der Waals surface area (Å²) in [7, 11) is 0. The molecule has 8 heteroatoms. The lowest BCUT2D eigenvalue weighted by molar-refractivity contribution is -0.140. The number of piperidine rings is 1. The van der Waals surface area contributed by atoms with Gasteiger partial charge in [-0.25, -0.2) is 9.97 Å². The molecule has 1 aromatic rings. The largest absolute Gasteiger partial charge is 0.382 e. The minimum atomic E-state index is -0.912. The van der Waals surface area contributed by atoms with Crippen molar-refractivity contribution in [2.75, 3.05) is 25.4 Å². The second kappa shape index (κ2) is 8.61. The lowest BCUT2D eigenvalue weighted by atomic mass is 9.81. The number of nitriles is 1. The highest BCUT2D eigenvalue weighted by atomic mass is 16.2. The number of nitrogens with zero attached hydrogens (tertiary/aromatic N) is 4. The number of anilines is 1. The van der Waals surface area contributed by atoms with Crippen LogP contribution in [0.3, 0.4) is 0 Å². The van der Waals surface area contributed by atoms with Gasteiger partial charge in [-0.3, -0.25) is 9.59 Å². The molecular weight excluding hydrogens is 332 g/mol. The van der Waals surface area contributed by atoms with E-state index in [0.717, 1.165) is 12.8 Å². The molecule has 0 aromatic carbocycles. The number of likely N-dealkylation sites (tertiary alicyclic amines) is 1. The quantitative estimate of drug-likeness (QED) is 0.791. The maximum Gasteiger partial charge on any atom is 0.273 e. The van der Waals surface area contributed by atoms with Crippen LogP contribution in [0.5, 0.6) is 0 Å². The number of rotatable bonds is 6. The smallest absolute Gasteiger partial charge is 0.273 e. The van der Waals surface area contributed by atoms with E-state index in [0.29, 0.717) is 32.5 Å². The van der Waals surface area contributed by atoms with Crippen LogP contribution in [-0.4, -0.2) is 46.3 Å². The van der Waals surface area contributed by atoms with E-state index in [4.69, 9.17) is 5.73 Å². The number of amides is 2.